The summed E-state index contributed by atoms with van der Waals surface area (Å²) in [6.45, 7) is 1.26. The number of hydrogen-bond donors (Lipinski definition) is 2. The van der Waals surface area contributed by atoms with Gasteiger partial charge in [-0.25, -0.2) is 0 Å². The number of hydrogen-bond acceptors (Lipinski definition) is 4. The third-order valence-electron chi connectivity index (χ3n) is 1.71. The van der Waals surface area contributed by atoms with Crippen molar-refractivity contribution in [3.05, 3.63) is 0 Å². The second-order valence-corrected chi connectivity index (χ2v) is 2.44. The Bertz CT molecular complexity index is 145. The number of cyclic esters (lactones) is 1. The Morgan fingerprint density at radius 2 is 2.30 bits per heavy atom. The summed E-state index contributed by atoms with van der Waals surface area (Å²) in [6, 6.07) is 0. The van der Waals surface area contributed by atoms with Gasteiger partial charge in [0.15, 0.2) is 6.10 Å². The van der Waals surface area contributed by atoms with Crippen LogP contribution in [0.4, 0.5) is 0 Å². The summed E-state index contributed by atoms with van der Waals surface area (Å²) in [5.41, 5.74) is 0. The smallest absolute Gasteiger partial charge is 0.311 e. The maximum Gasteiger partial charge on any atom is 0.311 e. The lowest BCUT2D eigenvalue weighted by Crippen LogP contribution is -2.27. The van der Waals surface area contributed by atoms with Crippen LogP contribution in [-0.2, 0) is 9.53 Å². The van der Waals surface area contributed by atoms with E-state index in [0.29, 0.717) is 0 Å². The first-order chi connectivity index (χ1) is 4.66. The van der Waals surface area contributed by atoms with Crippen molar-refractivity contribution in [2.75, 3.05) is 6.61 Å². The van der Waals surface area contributed by atoms with Crippen LogP contribution in [0.15, 0.2) is 0 Å². The van der Waals surface area contributed by atoms with Crippen LogP contribution in [0, 0.1) is 5.92 Å². The highest BCUT2D eigenvalue weighted by molar-refractivity contribution is 5.75. The first kappa shape index (κ1) is 7.50. The van der Waals surface area contributed by atoms with E-state index in [1.165, 1.54) is 0 Å². The molecule has 3 atom stereocenters. The van der Waals surface area contributed by atoms with Crippen molar-refractivity contribution in [1.29, 1.82) is 0 Å². The van der Waals surface area contributed by atoms with Crippen LogP contribution in [-0.4, -0.2) is 35.0 Å². The number of carbonyl (C=O) groups excluding carboxylic acids is 1. The van der Waals surface area contributed by atoms with E-state index < -0.39 is 24.1 Å². The van der Waals surface area contributed by atoms with Gasteiger partial charge in [0.05, 0.1) is 12.5 Å². The van der Waals surface area contributed by atoms with Gasteiger partial charge in [-0.05, 0) is 6.92 Å². The van der Waals surface area contributed by atoms with Gasteiger partial charge in [0, 0.05) is 0 Å². The lowest BCUT2D eigenvalue weighted by atomic mass is 10.0. The summed E-state index contributed by atoms with van der Waals surface area (Å²) in [6.07, 6.45) is -1.57. The number of rotatable bonds is 1. The average molecular weight is 146 g/mol. The molecule has 1 aliphatic heterocycles. The Labute approximate surface area is 58.4 Å². The van der Waals surface area contributed by atoms with E-state index >= 15 is 0 Å². The fourth-order valence-electron chi connectivity index (χ4n) is 0.933. The van der Waals surface area contributed by atoms with E-state index in [2.05, 4.69) is 4.74 Å². The SMILES string of the molecule is C[C@@H]1C(=O)O[C@H](CO)[C@H]1O. The summed E-state index contributed by atoms with van der Waals surface area (Å²) in [5, 5.41) is 17.7. The monoisotopic (exact) mass is 146 g/mol. The molecule has 1 heterocycles. The molecule has 4 nitrogen and oxygen atoms in total. The Kier molecular flexibility index (Phi) is 1.92. The first-order valence-corrected chi connectivity index (χ1v) is 3.16. The Morgan fingerprint density at radius 3 is 2.50 bits per heavy atom. The molecule has 4 heteroatoms. The highest BCUT2D eigenvalue weighted by atomic mass is 16.6. The molecule has 10 heavy (non-hydrogen) atoms. The third-order valence-corrected chi connectivity index (χ3v) is 1.71. The molecular weight excluding hydrogens is 136 g/mol. The molecule has 1 fully saturated rings. The van der Waals surface area contributed by atoms with Gasteiger partial charge < -0.3 is 14.9 Å². The molecule has 0 bridgehead atoms. The summed E-state index contributed by atoms with van der Waals surface area (Å²) in [4.78, 5) is 10.7. The van der Waals surface area contributed by atoms with Gasteiger partial charge in [-0.2, -0.15) is 0 Å². The molecule has 0 aromatic rings. The molecule has 0 saturated carbocycles. The fraction of sp³-hybridized carbons (Fsp3) is 0.833. The van der Waals surface area contributed by atoms with Crippen LogP contribution in [0.5, 0.6) is 0 Å². The lowest BCUT2D eigenvalue weighted by Gasteiger charge is -2.09. The van der Waals surface area contributed by atoms with Crippen LogP contribution in [0.1, 0.15) is 6.92 Å². The predicted octanol–water partition coefficient (Wildman–Crippen LogP) is -1.10. The van der Waals surface area contributed by atoms with Gasteiger partial charge >= 0.3 is 5.97 Å². The van der Waals surface area contributed by atoms with Crippen molar-refractivity contribution in [3.63, 3.8) is 0 Å². The lowest BCUT2D eigenvalue weighted by molar-refractivity contribution is -0.145. The van der Waals surface area contributed by atoms with E-state index in [4.69, 9.17) is 10.2 Å². The topological polar surface area (TPSA) is 66.8 Å². The molecule has 1 rings (SSSR count). The van der Waals surface area contributed by atoms with Crippen LogP contribution < -0.4 is 0 Å². The van der Waals surface area contributed by atoms with Crippen LogP contribution in [0.25, 0.3) is 0 Å². The van der Waals surface area contributed by atoms with Crippen molar-refractivity contribution in [3.8, 4) is 0 Å². The quantitative estimate of drug-likeness (QED) is 0.461. The van der Waals surface area contributed by atoms with Gasteiger partial charge in [-0.15, -0.1) is 0 Å². The second-order valence-electron chi connectivity index (χ2n) is 2.44. The van der Waals surface area contributed by atoms with Gasteiger partial charge in [0.1, 0.15) is 6.10 Å². The van der Waals surface area contributed by atoms with Crippen LogP contribution >= 0.6 is 0 Å². The minimum atomic E-state index is -0.850. The predicted molar refractivity (Wildman–Crippen MR) is 32.1 cm³/mol. The minimum absolute atomic E-state index is 0.308. The highest BCUT2D eigenvalue weighted by Crippen LogP contribution is 2.20. The summed E-state index contributed by atoms with van der Waals surface area (Å²) >= 11 is 0. The van der Waals surface area contributed by atoms with Crippen molar-refractivity contribution in [2.24, 2.45) is 5.92 Å². The Morgan fingerprint density at radius 1 is 1.70 bits per heavy atom. The van der Waals surface area contributed by atoms with E-state index in [0.717, 1.165) is 0 Å². The molecular formula is C6H10O4. The first-order valence-electron chi connectivity index (χ1n) is 3.16. The molecule has 58 valence electrons. The van der Waals surface area contributed by atoms with Crippen molar-refractivity contribution in [2.45, 2.75) is 19.1 Å². The average Bonchev–Trinajstić information content (AvgIpc) is 2.17. The van der Waals surface area contributed by atoms with Gasteiger partial charge in [0.2, 0.25) is 0 Å². The maximum atomic E-state index is 10.7. The molecule has 1 saturated heterocycles. The number of aliphatic hydroxyl groups is 2. The molecule has 0 aromatic heterocycles. The van der Waals surface area contributed by atoms with E-state index in [-0.39, 0.29) is 6.61 Å². The number of ether oxygens (including phenoxy) is 1. The Hall–Kier alpha value is -0.610. The molecule has 1 aliphatic rings. The largest absolute Gasteiger partial charge is 0.457 e. The molecule has 0 unspecified atom stereocenters. The zero-order valence-electron chi connectivity index (χ0n) is 5.65. The number of esters is 1. The summed E-state index contributed by atoms with van der Waals surface area (Å²) < 4.78 is 4.60. The van der Waals surface area contributed by atoms with Crippen molar-refractivity contribution in [1.82, 2.24) is 0 Å². The molecule has 0 aromatic carbocycles. The Balaban J connectivity index is 2.61. The normalized spacial score (nSPS) is 39.9. The standard InChI is InChI=1S/C6H10O4/c1-3-5(8)4(2-7)10-6(3)9/h3-5,7-8H,2H2,1H3/t3-,4+,5-/m0/s1. The second kappa shape index (κ2) is 2.56. The van der Waals surface area contributed by atoms with E-state index in [1.54, 1.807) is 6.92 Å². The molecule has 2 N–H and O–H groups in total. The number of aliphatic hydroxyl groups excluding tert-OH is 2. The van der Waals surface area contributed by atoms with Gasteiger partial charge in [-0.3, -0.25) is 4.79 Å². The number of carbonyl (C=O) groups is 1. The highest BCUT2D eigenvalue weighted by Gasteiger charge is 2.39. The maximum absolute atomic E-state index is 10.7. The van der Waals surface area contributed by atoms with E-state index in [1.807, 2.05) is 0 Å². The van der Waals surface area contributed by atoms with Gasteiger partial charge in [-0.1, -0.05) is 0 Å². The molecule has 0 aliphatic carbocycles. The zero-order chi connectivity index (χ0) is 7.72. The van der Waals surface area contributed by atoms with Crippen LogP contribution in [0.3, 0.4) is 0 Å². The van der Waals surface area contributed by atoms with Gasteiger partial charge in [0.25, 0.3) is 0 Å². The molecule has 0 radical (unpaired) electrons. The molecule has 0 spiro atoms. The van der Waals surface area contributed by atoms with Crippen molar-refractivity contribution < 1.29 is 19.7 Å². The van der Waals surface area contributed by atoms with E-state index in [9.17, 15) is 4.79 Å². The zero-order valence-corrected chi connectivity index (χ0v) is 5.65. The fourth-order valence-corrected chi connectivity index (χ4v) is 0.933. The summed E-state index contributed by atoms with van der Waals surface area (Å²) in [5.74, 6) is -0.941. The van der Waals surface area contributed by atoms with Crippen LogP contribution in [0.2, 0.25) is 0 Å². The molecule has 0 amide bonds. The van der Waals surface area contributed by atoms with Crippen molar-refractivity contribution >= 4 is 5.97 Å². The minimum Gasteiger partial charge on any atom is -0.457 e. The third kappa shape index (κ3) is 0.998. The summed E-state index contributed by atoms with van der Waals surface area (Å²) in [7, 11) is 0.